The predicted octanol–water partition coefficient (Wildman–Crippen LogP) is 4.43. The summed E-state index contributed by atoms with van der Waals surface area (Å²) in [5, 5.41) is 1.23. The number of halogens is 1. The van der Waals surface area contributed by atoms with Gasteiger partial charge in [-0.15, -0.1) is 11.3 Å². The number of rotatable bonds is 3. The SMILES string of the molecule is CCc1c(C(=O)C(C)Br)sc2ccccc12. The lowest BCUT2D eigenvalue weighted by atomic mass is 10.1. The summed E-state index contributed by atoms with van der Waals surface area (Å²) in [4.78, 5) is 12.9. The highest BCUT2D eigenvalue weighted by Gasteiger charge is 2.19. The molecule has 0 spiro atoms. The summed E-state index contributed by atoms with van der Waals surface area (Å²) in [6.07, 6.45) is 0.908. The summed E-state index contributed by atoms with van der Waals surface area (Å²) in [6.45, 7) is 3.98. The van der Waals surface area contributed by atoms with Crippen LogP contribution in [0.15, 0.2) is 24.3 Å². The van der Waals surface area contributed by atoms with Crippen molar-refractivity contribution >= 4 is 43.1 Å². The van der Waals surface area contributed by atoms with E-state index >= 15 is 0 Å². The van der Waals surface area contributed by atoms with Crippen LogP contribution in [0.3, 0.4) is 0 Å². The van der Waals surface area contributed by atoms with Crippen molar-refractivity contribution in [2.75, 3.05) is 0 Å². The molecule has 0 aliphatic rings. The molecule has 1 nitrogen and oxygen atoms in total. The highest BCUT2D eigenvalue weighted by atomic mass is 79.9. The van der Waals surface area contributed by atoms with Gasteiger partial charge >= 0.3 is 0 Å². The molecule has 0 saturated carbocycles. The van der Waals surface area contributed by atoms with E-state index in [9.17, 15) is 4.79 Å². The molecule has 1 heterocycles. The van der Waals surface area contributed by atoms with Crippen LogP contribution < -0.4 is 0 Å². The molecule has 0 aliphatic heterocycles. The molecule has 1 aromatic heterocycles. The molecule has 0 fully saturated rings. The molecule has 0 aliphatic carbocycles. The van der Waals surface area contributed by atoms with Gasteiger partial charge in [0, 0.05) is 4.70 Å². The van der Waals surface area contributed by atoms with Crippen molar-refractivity contribution in [2.45, 2.75) is 25.1 Å². The fraction of sp³-hybridized carbons (Fsp3) is 0.308. The standard InChI is InChI=1S/C13H13BrOS/c1-3-9-10-6-4-5-7-11(10)16-13(9)12(15)8(2)14/h4-8H,3H2,1-2H3. The second-order valence-electron chi connectivity index (χ2n) is 3.74. The van der Waals surface area contributed by atoms with E-state index in [1.54, 1.807) is 11.3 Å². The highest BCUT2D eigenvalue weighted by Crippen LogP contribution is 2.33. The van der Waals surface area contributed by atoms with Crippen LogP contribution in [0.5, 0.6) is 0 Å². The van der Waals surface area contributed by atoms with E-state index in [4.69, 9.17) is 0 Å². The molecular weight excluding hydrogens is 284 g/mol. The van der Waals surface area contributed by atoms with E-state index in [1.807, 2.05) is 19.1 Å². The highest BCUT2D eigenvalue weighted by molar-refractivity contribution is 9.10. The Bertz CT molecular complexity index is 528. The number of fused-ring (bicyclic) bond motifs is 1. The molecule has 1 unspecified atom stereocenters. The number of benzene rings is 1. The van der Waals surface area contributed by atoms with Crippen molar-refractivity contribution in [2.24, 2.45) is 0 Å². The van der Waals surface area contributed by atoms with Gasteiger partial charge in [-0.3, -0.25) is 4.79 Å². The van der Waals surface area contributed by atoms with Gasteiger partial charge < -0.3 is 0 Å². The first-order valence-electron chi connectivity index (χ1n) is 5.33. The lowest BCUT2D eigenvalue weighted by molar-refractivity contribution is 0.0999. The molecule has 0 N–H and O–H groups in total. The number of carbonyl (C=O) groups is 1. The van der Waals surface area contributed by atoms with Crippen molar-refractivity contribution in [3.05, 3.63) is 34.7 Å². The van der Waals surface area contributed by atoms with Gasteiger partial charge in [-0.05, 0) is 30.4 Å². The van der Waals surface area contributed by atoms with E-state index in [1.165, 1.54) is 15.6 Å². The van der Waals surface area contributed by atoms with Crippen LogP contribution in [-0.4, -0.2) is 10.6 Å². The minimum atomic E-state index is -0.106. The van der Waals surface area contributed by atoms with Gasteiger partial charge in [-0.2, -0.15) is 0 Å². The van der Waals surface area contributed by atoms with Gasteiger partial charge in [0.2, 0.25) is 0 Å². The van der Waals surface area contributed by atoms with E-state index < -0.39 is 0 Å². The summed E-state index contributed by atoms with van der Waals surface area (Å²) in [7, 11) is 0. The molecular formula is C13H13BrOS. The Morgan fingerprint density at radius 2 is 2.12 bits per heavy atom. The first-order chi connectivity index (χ1) is 7.65. The lowest BCUT2D eigenvalue weighted by Crippen LogP contribution is -2.09. The summed E-state index contributed by atoms with van der Waals surface area (Å²) in [5.74, 6) is 0.193. The van der Waals surface area contributed by atoms with Crippen molar-refractivity contribution in [3.8, 4) is 0 Å². The third-order valence-corrected chi connectivity index (χ3v) is 4.28. The minimum absolute atomic E-state index is 0.106. The number of aryl methyl sites for hydroxylation is 1. The van der Waals surface area contributed by atoms with E-state index in [-0.39, 0.29) is 10.6 Å². The van der Waals surface area contributed by atoms with Crippen molar-refractivity contribution in [3.63, 3.8) is 0 Å². The quantitative estimate of drug-likeness (QED) is 0.605. The predicted molar refractivity (Wildman–Crippen MR) is 73.9 cm³/mol. The fourth-order valence-electron chi connectivity index (χ4n) is 1.83. The Morgan fingerprint density at radius 3 is 2.75 bits per heavy atom. The number of thiophene rings is 1. The largest absolute Gasteiger partial charge is 0.292 e. The van der Waals surface area contributed by atoms with Crippen LogP contribution in [0.2, 0.25) is 0 Å². The third kappa shape index (κ3) is 1.94. The molecule has 0 bridgehead atoms. The maximum atomic E-state index is 12.1. The maximum absolute atomic E-state index is 12.1. The Kier molecular flexibility index (Phi) is 3.45. The van der Waals surface area contributed by atoms with Gasteiger partial charge in [0.05, 0.1) is 9.70 Å². The second kappa shape index (κ2) is 4.68. The van der Waals surface area contributed by atoms with E-state index in [2.05, 4.69) is 35.0 Å². The first kappa shape index (κ1) is 11.8. The van der Waals surface area contributed by atoms with Crippen LogP contribution in [0.25, 0.3) is 10.1 Å². The topological polar surface area (TPSA) is 17.1 Å². The summed E-state index contributed by atoms with van der Waals surface area (Å²) < 4.78 is 1.20. The fourth-order valence-corrected chi connectivity index (χ4v) is 3.53. The number of alkyl halides is 1. The van der Waals surface area contributed by atoms with Crippen molar-refractivity contribution < 1.29 is 4.79 Å². The number of hydrogen-bond acceptors (Lipinski definition) is 2. The Balaban J connectivity index is 2.65. The number of ketones is 1. The lowest BCUT2D eigenvalue weighted by Gasteiger charge is -2.02. The van der Waals surface area contributed by atoms with Gasteiger partial charge in [-0.1, -0.05) is 41.1 Å². The van der Waals surface area contributed by atoms with Gasteiger partial charge in [0.15, 0.2) is 5.78 Å². The van der Waals surface area contributed by atoms with Gasteiger partial charge in [0.1, 0.15) is 0 Å². The molecule has 1 aromatic carbocycles. The Hall–Kier alpha value is -0.670. The zero-order valence-electron chi connectivity index (χ0n) is 9.29. The maximum Gasteiger partial charge on any atom is 0.186 e. The molecule has 0 radical (unpaired) electrons. The first-order valence-corrected chi connectivity index (χ1v) is 7.07. The van der Waals surface area contributed by atoms with E-state index in [0.717, 1.165) is 11.3 Å². The van der Waals surface area contributed by atoms with Crippen LogP contribution in [0.4, 0.5) is 0 Å². The zero-order chi connectivity index (χ0) is 11.7. The monoisotopic (exact) mass is 296 g/mol. The van der Waals surface area contributed by atoms with Crippen LogP contribution in [-0.2, 0) is 6.42 Å². The molecule has 84 valence electrons. The summed E-state index contributed by atoms with van der Waals surface area (Å²) in [6, 6.07) is 8.22. The molecule has 2 rings (SSSR count). The van der Waals surface area contributed by atoms with Crippen molar-refractivity contribution in [1.29, 1.82) is 0 Å². The molecule has 2 aromatic rings. The molecule has 0 amide bonds. The number of carbonyl (C=O) groups excluding carboxylic acids is 1. The minimum Gasteiger partial charge on any atom is -0.292 e. The third-order valence-electron chi connectivity index (χ3n) is 2.64. The van der Waals surface area contributed by atoms with Crippen LogP contribution in [0, 0.1) is 0 Å². The van der Waals surface area contributed by atoms with Crippen LogP contribution >= 0.6 is 27.3 Å². The normalized spacial score (nSPS) is 12.9. The number of hydrogen-bond donors (Lipinski definition) is 0. The average molecular weight is 297 g/mol. The summed E-state index contributed by atoms with van der Waals surface area (Å²) in [5.41, 5.74) is 1.19. The molecule has 0 saturated heterocycles. The zero-order valence-corrected chi connectivity index (χ0v) is 11.7. The summed E-state index contributed by atoms with van der Waals surface area (Å²) >= 11 is 4.96. The Labute approximate surface area is 108 Å². The van der Waals surface area contributed by atoms with Gasteiger partial charge in [0.25, 0.3) is 0 Å². The smallest absolute Gasteiger partial charge is 0.186 e. The van der Waals surface area contributed by atoms with Gasteiger partial charge in [-0.25, -0.2) is 0 Å². The Morgan fingerprint density at radius 1 is 1.44 bits per heavy atom. The molecule has 3 heteroatoms. The number of Topliss-reactive ketones (excluding diaryl/α,β-unsaturated/α-hetero) is 1. The van der Waals surface area contributed by atoms with Crippen LogP contribution in [0.1, 0.15) is 29.1 Å². The van der Waals surface area contributed by atoms with E-state index in [0.29, 0.717) is 0 Å². The van der Waals surface area contributed by atoms with Crippen molar-refractivity contribution in [1.82, 2.24) is 0 Å². The average Bonchev–Trinajstić information content (AvgIpc) is 2.65. The molecule has 1 atom stereocenters. The molecule has 16 heavy (non-hydrogen) atoms. The second-order valence-corrected chi connectivity index (χ2v) is 6.17.